The van der Waals surface area contributed by atoms with Gasteiger partial charge in [0.15, 0.2) is 0 Å². The van der Waals surface area contributed by atoms with Crippen LogP contribution in [0.2, 0.25) is 0 Å². The molecule has 0 bridgehead atoms. The monoisotopic (exact) mass is 508 g/mol. The number of ether oxygens (including phenoxy) is 2. The van der Waals surface area contributed by atoms with Crippen LogP contribution in [0.4, 0.5) is 0 Å². The van der Waals surface area contributed by atoms with E-state index in [-0.39, 0.29) is 10.2 Å². The zero-order valence-corrected chi connectivity index (χ0v) is 19.9. The molecule has 2 atom stereocenters. The van der Waals surface area contributed by atoms with Crippen molar-refractivity contribution in [3.63, 3.8) is 0 Å². The Bertz CT molecular complexity index is 1030. The number of carbonyl (C=O) groups is 3. The maximum atomic E-state index is 12.4. The fourth-order valence-electron chi connectivity index (χ4n) is 3.19. The molecule has 1 amide bonds. The van der Waals surface area contributed by atoms with Crippen molar-refractivity contribution in [2.45, 2.75) is 24.1 Å². The number of thioether (sulfide) groups is 1. The van der Waals surface area contributed by atoms with Crippen molar-refractivity contribution in [2.24, 2.45) is 0 Å². The Morgan fingerprint density at radius 1 is 1.15 bits per heavy atom. The number of methoxy groups -OCH3 is 1. The molecule has 0 aliphatic carbocycles. The molecule has 2 aromatic carbocycles. The first-order valence-corrected chi connectivity index (χ1v) is 11.5. The molecule has 1 fully saturated rings. The number of hydrogen-bond donors (Lipinski definition) is 2. The lowest BCUT2D eigenvalue weighted by atomic mass is 10.1. The molecule has 8 nitrogen and oxygen atoms in total. The molecule has 1 heterocycles. The van der Waals surface area contributed by atoms with E-state index in [9.17, 15) is 14.4 Å². The smallest absolute Gasteiger partial charge is 0.324 e. The highest BCUT2D eigenvalue weighted by Gasteiger charge is 2.37. The van der Waals surface area contributed by atoms with E-state index in [0.29, 0.717) is 24.3 Å². The van der Waals surface area contributed by atoms with Gasteiger partial charge in [-0.15, -0.1) is 0 Å². The number of carbonyl (C=O) groups excluding carboxylic acids is 2. The average Bonchev–Trinajstić information content (AvgIpc) is 3.06. The number of amides is 1. The lowest BCUT2D eigenvalue weighted by Crippen LogP contribution is -2.36. The number of hydrogen-bond acceptors (Lipinski definition) is 8. The van der Waals surface area contributed by atoms with E-state index in [1.807, 2.05) is 24.3 Å². The van der Waals surface area contributed by atoms with Gasteiger partial charge in [-0.1, -0.05) is 48.2 Å². The van der Waals surface area contributed by atoms with Crippen LogP contribution in [0.15, 0.2) is 48.5 Å². The fraction of sp³-hybridized carbons (Fsp3) is 0.273. The largest absolute Gasteiger partial charge is 0.480 e. The third kappa shape index (κ3) is 6.67. The first-order chi connectivity index (χ1) is 15.8. The molecule has 174 valence electrons. The molecule has 0 saturated carbocycles. The molecular formula is C22H21ClN2O6S2. The van der Waals surface area contributed by atoms with Gasteiger partial charge in [-0.25, -0.2) is 4.84 Å². The van der Waals surface area contributed by atoms with Crippen LogP contribution in [0, 0.1) is 0 Å². The van der Waals surface area contributed by atoms with Gasteiger partial charge in [-0.05, 0) is 60.0 Å². The van der Waals surface area contributed by atoms with Crippen molar-refractivity contribution in [1.82, 2.24) is 9.74 Å². The summed E-state index contributed by atoms with van der Waals surface area (Å²) in [5.41, 5.74) is 1.79. The van der Waals surface area contributed by atoms with Crippen LogP contribution in [0.1, 0.15) is 11.1 Å². The first-order valence-electron chi connectivity index (χ1n) is 9.84. The van der Waals surface area contributed by atoms with Crippen LogP contribution in [0.3, 0.4) is 0 Å². The molecule has 0 aromatic heterocycles. The molecule has 1 aliphatic heterocycles. The summed E-state index contributed by atoms with van der Waals surface area (Å²) in [6.07, 6.45) is 0.807. The van der Waals surface area contributed by atoms with Crippen LogP contribution >= 0.6 is 35.8 Å². The minimum atomic E-state index is -1.10. The number of nitrogens with one attached hydrogen (secondary N) is 1. The highest BCUT2D eigenvalue weighted by molar-refractivity contribution is 8.24. The van der Waals surface area contributed by atoms with Crippen molar-refractivity contribution in [3.05, 3.63) is 59.7 Å². The zero-order valence-electron chi connectivity index (χ0n) is 17.5. The van der Waals surface area contributed by atoms with E-state index >= 15 is 0 Å². The number of nitrogens with zero attached hydrogens (tertiary/aromatic N) is 1. The van der Waals surface area contributed by atoms with Gasteiger partial charge in [0.1, 0.15) is 28.4 Å². The van der Waals surface area contributed by atoms with Crippen LogP contribution in [-0.2, 0) is 32.0 Å². The number of esters is 1. The second-order valence-electron chi connectivity index (χ2n) is 7.17. The number of benzene rings is 2. The van der Waals surface area contributed by atoms with Crippen LogP contribution in [0.5, 0.6) is 11.5 Å². The van der Waals surface area contributed by atoms with E-state index in [4.69, 9.17) is 38.6 Å². The lowest BCUT2D eigenvalue weighted by molar-refractivity contribution is -0.142. The topological polar surface area (TPSA) is 105 Å². The first kappa shape index (κ1) is 25.0. The Hall–Kier alpha value is -2.66. The van der Waals surface area contributed by atoms with Gasteiger partial charge in [0.05, 0.1) is 12.4 Å². The van der Waals surface area contributed by atoms with Gasteiger partial charge < -0.3 is 14.6 Å². The van der Waals surface area contributed by atoms with Gasteiger partial charge in [0.2, 0.25) is 5.91 Å². The van der Waals surface area contributed by atoms with Gasteiger partial charge in [0.25, 0.3) is 0 Å². The third-order valence-electron chi connectivity index (χ3n) is 4.86. The van der Waals surface area contributed by atoms with Crippen LogP contribution in [0.25, 0.3) is 0 Å². The zero-order chi connectivity index (χ0) is 24.0. The maximum Gasteiger partial charge on any atom is 0.324 e. The average molecular weight is 509 g/mol. The molecule has 2 aromatic rings. The summed E-state index contributed by atoms with van der Waals surface area (Å²) < 4.78 is 10.8. The van der Waals surface area contributed by atoms with Gasteiger partial charge in [-0.2, -0.15) is 0 Å². The molecular weight excluding hydrogens is 488 g/mol. The van der Waals surface area contributed by atoms with Crippen LogP contribution < -0.4 is 9.57 Å². The van der Waals surface area contributed by atoms with Crippen molar-refractivity contribution in [2.75, 3.05) is 13.7 Å². The van der Waals surface area contributed by atoms with Crippen molar-refractivity contribution in [3.8, 4) is 11.5 Å². The molecule has 33 heavy (non-hydrogen) atoms. The predicted octanol–water partition coefficient (Wildman–Crippen LogP) is 3.16. The Labute approximate surface area is 205 Å². The molecule has 2 N–H and O–H groups in total. The molecule has 0 radical (unpaired) electrons. The predicted molar refractivity (Wildman–Crippen MR) is 128 cm³/mol. The molecule has 1 aliphatic rings. The Morgan fingerprint density at radius 2 is 1.73 bits per heavy atom. The number of halogens is 1. The Morgan fingerprint density at radius 3 is 2.24 bits per heavy atom. The molecule has 11 heteroatoms. The number of rotatable bonds is 10. The standard InChI is InChI=1S/C22H21ClN2O6S2/c1-30-21(29)17(24-23)10-13-2-6-15(7-3-13)31-16-8-4-14(5-9-16)11-18-20(28)25(12-19(26)27)22(32)33-18/h2-9,17-18,24H,10-12H2,1H3,(H,26,27)/t17-,18?/m0/s1. The van der Waals surface area contributed by atoms with E-state index < -0.39 is 29.8 Å². The lowest BCUT2D eigenvalue weighted by Gasteiger charge is -2.13. The number of carboxylic acids is 1. The minimum absolute atomic E-state index is 0.286. The Balaban J connectivity index is 1.56. The van der Waals surface area contributed by atoms with Crippen LogP contribution in [-0.4, -0.2) is 57.1 Å². The maximum absolute atomic E-state index is 12.4. The molecule has 3 rings (SSSR count). The van der Waals surface area contributed by atoms with Crippen molar-refractivity contribution >= 4 is 57.9 Å². The summed E-state index contributed by atoms with van der Waals surface area (Å²) in [6, 6.07) is 13.9. The summed E-state index contributed by atoms with van der Waals surface area (Å²) in [7, 11) is 1.30. The molecule has 1 unspecified atom stereocenters. The summed E-state index contributed by atoms with van der Waals surface area (Å²) in [5, 5.41) is 8.49. The normalized spacial score (nSPS) is 16.5. The second kappa shape index (κ2) is 11.5. The molecule has 1 saturated heterocycles. The molecule has 0 spiro atoms. The van der Waals surface area contributed by atoms with E-state index in [1.165, 1.54) is 18.9 Å². The van der Waals surface area contributed by atoms with Gasteiger partial charge in [-0.3, -0.25) is 19.3 Å². The highest BCUT2D eigenvalue weighted by atomic mass is 35.5. The fourth-order valence-corrected chi connectivity index (χ4v) is 4.89. The van der Waals surface area contributed by atoms with Crippen molar-refractivity contribution in [1.29, 1.82) is 0 Å². The minimum Gasteiger partial charge on any atom is -0.480 e. The Kier molecular flexibility index (Phi) is 8.67. The quantitative estimate of drug-likeness (QED) is 0.284. The van der Waals surface area contributed by atoms with E-state index in [0.717, 1.165) is 16.0 Å². The van der Waals surface area contributed by atoms with E-state index in [2.05, 4.69) is 4.84 Å². The highest BCUT2D eigenvalue weighted by Crippen LogP contribution is 2.30. The number of aliphatic carboxylic acids is 1. The third-order valence-corrected chi connectivity index (χ3v) is 6.71. The van der Waals surface area contributed by atoms with Gasteiger partial charge in [0, 0.05) is 0 Å². The summed E-state index contributed by atoms with van der Waals surface area (Å²) in [5.74, 6) is -0.586. The summed E-state index contributed by atoms with van der Waals surface area (Å²) >= 11 is 11.9. The van der Waals surface area contributed by atoms with E-state index in [1.54, 1.807) is 24.3 Å². The van der Waals surface area contributed by atoms with Gasteiger partial charge >= 0.3 is 11.9 Å². The SMILES string of the molecule is COC(=O)[C@H](Cc1ccc(Oc2ccc(CC3SC(=S)N(CC(=O)O)C3=O)cc2)cc1)NCl. The van der Waals surface area contributed by atoms with Crippen molar-refractivity contribution < 1.29 is 29.0 Å². The second-order valence-corrected chi connectivity index (χ2v) is 9.23. The summed E-state index contributed by atoms with van der Waals surface area (Å²) in [6.45, 7) is -0.418. The number of carboxylic acid groups (broad SMARTS) is 1. The number of thiocarbonyl (C=S) groups is 1. The summed E-state index contributed by atoms with van der Waals surface area (Å²) in [4.78, 5) is 38.5.